The molecule has 1 aromatic rings. The van der Waals surface area contributed by atoms with Gasteiger partial charge >= 0.3 is 5.97 Å². The smallest absolute Gasteiger partial charge is 0.338 e. The van der Waals surface area contributed by atoms with E-state index >= 15 is 0 Å². The molecular weight excluding hydrogens is 224 g/mol. The number of aliphatic hydroxyl groups is 2. The van der Waals surface area contributed by atoms with Gasteiger partial charge in [0.05, 0.1) is 7.11 Å². The van der Waals surface area contributed by atoms with E-state index < -0.39 is 17.7 Å². The number of benzene rings is 1. The van der Waals surface area contributed by atoms with Crippen molar-refractivity contribution in [3.8, 4) is 5.75 Å². The fourth-order valence-corrected chi connectivity index (χ4v) is 1.52. The molecule has 0 aliphatic heterocycles. The molecule has 0 saturated carbocycles. The number of hydrogen-bond donors (Lipinski definition) is 3. The van der Waals surface area contributed by atoms with Gasteiger partial charge < -0.3 is 20.1 Å². The summed E-state index contributed by atoms with van der Waals surface area (Å²) in [6.07, 6.45) is -1.56. The Morgan fingerprint density at radius 3 is 2.29 bits per heavy atom. The molecule has 17 heavy (non-hydrogen) atoms. The van der Waals surface area contributed by atoms with Crippen LogP contribution in [0.15, 0.2) is 24.3 Å². The first-order chi connectivity index (χ1) is 7.95. The van der Waals surface area contributed by atoms with E-state index in [-0.39, 0.29) is 6.42 Å². The van der Waals surface area contributed by atoms with Gasteiger partial charge in [-0.05, 0) is 24.1 Å². The predicted molar refractivity (Wildman–Crippen MR) is 60.8 cm³/mol. The van der Waals surface area contributed by atoms with E-state index in [1.54, 1.807) is 12.1 Å². The van der Waals surface area contributed by atoms with E-state index in [4.69, 9.17) is 9.84 Å². The molecule has 3 N–H and O–H groups in total. The molecule has 0 bridgehead atoms. The van der Waals surface area contributed by atoms with Crippen molar-refractivity contribution in [1.29, 1.82) is 0 Å². The van der Waals surface area contributed by atoms with Crippen LogP contribution in [-0.4, -0.2) is 34.0 Å². The van der Waals surface area contributed by atoms with Crippen LogP contribution in [-0.2, 0) is 4.79 Å². The highest BCUT2D eigenvalue weighted by Gasteiger charge is 2.42. The second kappa shape index (κ2) is 5.16. The van der Waals surface area contributed by atoms with Gasteiger partial charge in [0.2, 0.25) is 0 Å². The molecule has 0 aliphatic carbocycles. The largest absolute Gasteiger partial charge is 0.497 e. The van der Waals surface area contributed by atoms with Gasteiger partial charge in [-0.25, -0.2) is 4.79 Å². The lowest BCUT2D eigenvalue weighted by atomic mass is 9.89. The van der Waals surface area contributed by atoms with Gasteiger partial charge in [-0.3, -0.25) is 0 Å². The van der Waals surface area contributed by atoms with Crippen LogP contribution < -0.4 is 4.74 Å². The summed E-state index contributed by atoms with van der Waals surface area (Å²) in [4.78, 5) is 11.0. The molecule has 0 unspecified atom stereocenters. The molecule has 0 spiro atoms. The molecule has 1 rings (SSSR count). The molecule has 1 aromatic carbocycles. The third-order valence-electron chi connectivity index (χ3n) is 2.79. The first-order valence-corrected chi connectivity index (χ1v) is 5.23. The van der Waals surface area contributed by atoms with Crippen molar-refractivity contribution < 1.29 is 24.9 Å². The lowest BCUT2D eigenvalue weighted by molar-refractivity contribution is -0.173. The molecule has 0 aliphatic rings. The maximum atomic E-state index is 11.0. The van der Waals surface area contributed by atoms with Crippen molar-refractivity contribution >= 4 is 5.97 Å². The second-order valence-electron chi connectivity index (χ2n) is 3.76. The van der Waals surface area contributed by atoms with Gasteiger partial charge in [-0.2, -0.15) is 0 Å². The molecule has 0 amide bonds. The van der Waals surface area contributed by atoms with Crippen molar-refractivity contribution in [3.63, 3.8) is 0 Å². The van der Waals surface area contributed by atoms with Crippen molar-refractivity contribution in [3.05, 3.63) is 29.8 Å². The summed E-state index contributed by atoms with van der Waals surface area (Å²) in [5.74, 6) is -0.848. The van der Waals surface area contributed by atoms with E-state index in [0.29, 0.717) is 11.3 Å². The summed E-state index contributed by atoms with van der Waals surface area (Å²) < 4.78 is 4.95. The fourth-order valence-electron chi connectivity index (χ4n) is 1.52. The number of aliphatic carboxylic acids is 1. The molecule has 0 radical (unpaired) electrons. The topological polar surface area (TPSA) is 87.0 Å². The minimum absolute atomic E-state index is 0.0878. The van der Waals surface area contributed by atoms with Crippen molar-refractivity contribution in [2.75, 3.05) is 7.11 Å². The Morgan fingerprint density at radius 1 is 1.41 bits per heavy atom. The second-order valence-corrected chi connectivity index (χ2v) is 3.76. The van der Waals surface area contributed by atoms with E-state index in [0.717, 1.165) is 0 Å². The summed E-state index contributed by atoms with van der Waals surface area (Å²) >= 11 is 0. The van der Waals surface area contributed by atoms with Crippen LogP contribution in [0.5, 0.6) is 5.75 Å². The van der Waals surface area contributed by atoms with Gasteiger partial charge in [0.15, 0.2) is 5.60 Å². The zero-order chi connectivity index (χ0) is 13.1. The molecule has 0 saturated heterocycles. The molecule has 0 aromatic heterocycles. The average Bonchev–Trinajstić information content (AvgIpc) is 2.36. The third-order valence-corrected chi connectivity index (χ3v) is 2.79. The van der Waals surface area contributed by atoms with Crippen LogP contribution >= 0.6 is 0 Å². The summed E-state index contributed by atoms with van der Waals surface area (Å²) in [7, 11) is 1.51. The normalized spacial score (nSPS) is 16.0. The lowest BCUT2D eigenvalue weighted by Crippen LogP contribution is -2.43. The van der Waals surface area contributed by atoms with Crippen molar-refractivity contribution in [2.45, 2.75) is 25.0 Å². The maximum absolute atomic E-state index is 11.0. The minimum atomic E-state index is -2.17. The minimum Gasteiger partial charge on any atom is -0.497 e. The Morgan fingerprint density at radius 2 is 1.94 bits per heavy atom. The summed E-state index contributed by atoms with van der Waals surface area (Å²) in [6.45, 7) is 1.50. The van der Waals surface area contributed by atoms with E-state index in [2.05, 4.69) is 0 Å². The van der Waals surface area contributed by atoms with E-state index in [1.807, 2.05) is 0 Å². The van der Waals surface area contributed by atoms with Crippen LogP contribution in [0.4, 0.5) is 0 Å². The van der Waals surface area contributed by atoms with Crippen LogP contribution in [0.3, 0.4) is 0 Å². The SMILES string of the molecule is CC[C@@](O)(C(=O)O)[C@H](O)c1ccc(OC)cc1. The number of carbonyl (C=O) groups is 1. The highest BCUT2D eigenvalue weighted by atomic mass is 16.5. The Hall–Kier alpha value is -1.59. The quantitative estimate of drug-likeness (QED) is 0.713. The molecule has 0 heterocycles. The van der Waals surface area contributed by atoms with Gasteiger partial charge in [0.25, 0.3) is 0 Å². The van der Waals surface area contributed by atoms with Crippen LogP contribution in [0.1, 0.15) is 25.0 Å². The number of rotatable bonds is 5. The highest BCUT2D eigenvalue weighted by molar-refractivity contribution is 5.78. The molecule has 0 fully saturated rings. The van der Waals surface area contributed by atoms with Crippen molar-refractivity contribution in [2.24, 2.45) is 0 Å². The monoisotopic (exact) mass is 240 g/mol. The first kappa shape index (κ1) is 13.5. The summed E-state index contributed by atoms with van der Waals surface area (Å²) in [5.41, 5.74) is -1.84. The van der Waals surface area contributed by atoms with Crippen LogP contribution in [0.25, 0.3) is 0 Å². The average molecular weight is 240 g/mol. The Kier molecular flexibility index (Phi) is 4.09. The van der Waals surface area contributed by atoms with Gasteiger partial charge in [0, 0.05) is 0 Å². The van der Waals surface area contributed by atoms with Crippen molar-refractivity contribution in [1.82, 2.24) is 0 Å². The third kappa shape index (κ3) is 2.57. The Labute approximate surface area is 99.3 Å². The number of ether oxygens (including phenoxy) is 1. The summed E-state index contributed by atoms with van der Waals surface area (Å²) in [6, 6.07) is 6.23. The first-order valence-electron chi connectivity index (χ1n) is 5.23. The standard InChI is InChI=1S/C12H16O5/c1-3-12(16,11(14)15)10(13)8-4-6-9(17-2)7-5-8/h4-7,10,13,16H,3H2,1-2H3,(H,14,15)/t10-,12+/m1/s1. The predicted octanol–water partition coefficient (Wildman–Crippen LogP) is 0.954. The van der Waals surface area contributed by atoms with Crippen LogP contribution in [0.2, 0.25) is 0 Å². The lowest BCUT2D eigenvalue weighted by Gasteiger charge is -2.27. The Bertz CT molecular complexity index is 386. The fraction of sp³-hybridized carbons (Fsp3) is 0.417. The number of hydrogen-bond acceptors (Lipinski definition) is 4. The molecule has 5 nitrogen and oxygen atoms in total. The van der Waals surface area contributed by atoms with Gasteiger partial charge in [-0.15, -0.1) is 0 Å². The maximum Gasteiger partial charge on any atom is 0.338 e. The molecule has 2 atom stereocenters. The summed E-state index contributed by atoms with van der Waals surface area (Å²) in [5, 5.41) is 28.7. The number of carboxylic acid groups (broad SMARTS) is 1. The Balaban J connectivity index is 3.01. The van der Waals surface area contributed by atoms with E-state index in [9.17, 15) is 15.0 Å². The van der Waals surface area contributed by atoms with Crippen LogP contribution in [0, 0.1) is 0 Å². The zero-order valence-corrected chi connectivity index (χ0v) is 9.75. The zero-order valence-electron chi connectivity index (χ0n) is 9.75. The molecular formula is C12H16O5. The number of carboxylic acids is 1. The number of aliphatic hydroxyl groups excluding tert-OH is 1. The van der Waals surface area contributed by atoms with Gasteiger partial charge in [0.1, 0.15) is 11.9 Å². The molecule has 5 heteroatoms. The highest BCUT2D eigenvalue weighted by Crippen LogP contribution is 2.30. The molecule has 94 valence electrons. The van der Waals surface area contributed by atoms with E-state index in [1.165, 1.54) is 26.2 Å². The van der Waals surface area contributed by atoms with Gasteiger partial charge in [-0.1, -0.05) is 19.1 Å². The number of methoxy groups -OCH3 is 1.